The fraction of sp³-hybridized carbons (Fsp3) is 0.308. The number of halogens is 1. The number of hydrogen-bond acceptors (Lipinski definition) is 3. The van der Waals surface area contributed by atoms with Crippen molar-refractivity contribution >= 4 is 21.7 Å². The van der Waals surface area contributed by atoms with Gasteiger partial charge in [-0.05, 0) is 17.7 Å². The maximum atomic E-state index is 4.40. The normalized spacial score (nSPS) is 15.9. The van der Waals surface area contributed by atoms with Crippen molar-refractivity contribution in [1.29, 1.82) is 0 Å². The summed E-state index contributed by atoms with van der Waals surface area (Å²) >= 11 is 3.44. The van der Waals surface area contributed by atoms with Gasteiger partial charge >= 0.3 is 0 Å². The lowest BCUT2D eigenvalue weighted by Crippen LogP contribution is -2.43. The maximum absolute atomic E-state index is 4.40. The predicted molar refractivity (Wildman–Crippen MR) is 76.8 cm³/mol. The predicted octanol–water partition coefficient (Wildman–Crippen LogP) is 2.25. The SMILES string of the molecule is Brc1ccc(-c2cc(N3CCNCC3)n[nH]2)cc1. The Morgan fingerprint density at radius 2 is 1.83 bits per heavy atom. The topological polar surface area (TPSA) is 44.0 Å². The van der Waals surface area contributed by atoms with Crippen LogP contribution in [-0.4, -0.2) is 36.4 Å². The van der Waals surface area contributed by atoms with Gasteiger partial charge in [-0.3, -0.25) is 5.10 Å². The van der Waals surface area contributed by atoms with Crippen LogP contribution in [0.2, 0.25) is 0 Å². The Morgan fingerprint density at radius 1 is 1.11 bits per heavy atom. The Morgan fingerprint density at radius 3 is 2.56 bits per heavy atom. The van der Waals surface area contributed by atoms with Crippen molar-refractivity contribution in [3.63, 3.8) is 0 Å². The van der Waals surface area contributed by atoms with Crippen molar-refractivity contribution in [1.82, 2.24) is 15.5 Å². The number of piperazine rings is 1. The van der Waals surface area contributed by atoms with Crippen LogP contribution in [0.15, 0.2) is 34.8 Å². The van der Waals surface area contributed by atoms with Crippen molar-refractivity contribution in [3.05, 3.63) is 34.8 Å². The number of hydrogen-bond donors (Lipinski definition) is 2. The molecular weight excluding hydrogens is 292 g/mol. The molecule has 2 heterocycles. The zero-order valence-electron chi connectivity index (χ0n) is 9.99. The molecule has 94 valence electrons. The highest BCUT2D eigenvalue weighted by atomic mass is 79.9. The highest BCUT2D eigenvalue weighted by molar-refractivity contribution is 9.10. The summed E-state index contributed by atoms with van der Waals surface area (Å²) in [6, 6.07) is 10.4. The highest BCUT2D eigenvalue weighted by Gasteiger charge is 2.13. The number of nitrogens with zero attached hydrogens (tertiary/aromatic N) is 2. The second-order valence-electron chi connectivity index (χ2n) is 4.38. The van der Waals surface area contributed by atoms with Crippen LogP contribution in [0.3, 0.4) is 0 Å². The Balaban J connectivity index is 1.82. The molecule has 2 N–H and O–H groups in total. The van der Waals surface area contributed by atoms with E-state index in [0.29, 0.717) is 0 Å². The molecule has 0 bridgehead atoms. The van der Waals surface area contributed by atoms with E-state index in [-0.39, 0.29) is 0 Å². The minimum atomic E-state index is 1.02. The molecule has 4 nitrogen and oxygen atoms in total. The first-order chi connectivity index (χ1) is 8.83. The summed E-state index contributed by atoms with van der Waals surface area (Å²) in [7, 11) is 0. The monoisotopic (exact) mass is 306 g/mol. The van der Waals surface area contributed by atoms with E-state index in [1.165, 1.54) is 0 Å². The van der Waals surface area contributed by atoms with Gasteiger partial charge in [-0.2, -0.15) is 5.10 Å². The molecule has 3 rings (SSSR count). The average molecular weight is 307 g/mol. The first kappa shape index (κ1) is 11.7. The largest absolute Gasteiger partial charge is 0.353 e. The third kappa shape index (κ3) is 2.42. The molecule has 0 spiro atoms. The zero-order valence-corrected chi connectivity index (χ0v) is 11.6. The molecule has 5 heteroatoms. The molecule has 1 fully saturated rings. The molecule has 0 radical (unpaired) electrons. The smallest absolute Gasteiger partial charge is 0.151 e. The van der Waals surface area contributed by atoms with Crippen molar-refractivity contribution in [2.45, 2.75) is 0 Å². The van der Waals surface area contributed by atoms with Crippen molar-refractivity contribution in [2.24, 2.45) is 0 Å². The molecule has 2 aromatic rings. The summed E-state index contributed by atoms with van der Waals surface area (Å²) < 4.78 is 1.09. The van der Waals surface area contributed by atoms with E-state index in [0.717, 1.165) is 47.7 Å². The van der Waals surface area contributed by atoms with E-state index in [4.69, 9.17) is 0 Å². The molecule has 18 heavy (non-hydrogen) atoms. The van der Waals surface area contributed by atoms with Gasteiger partial charge in [-0.15, -0.1) is 0 Å². The van der Waals surface area contributed by atoms with Gasteiger partial charge < -0.3 is 10.2 Å². The van der Waals surface area contributed by atoms with E-state index < -0.39 is 0 Å². The fourth-order valence-electron chi connectivity index (χ4n) is 2.14. The zero-order chi connectivity index (χ0) is 12.4. The second kappa shape index (κ2) is 5.12. The number of anilines is 1. The summed E-state index contributed by atoms with van der Waals surface area (Å²) in [6.45, 7) is 4.09. The second-order valence-corrected chi connectivity index (χ2v) is 5.30. The van der Waals surface area contributed by atoms with Crippen LogP contribution >= 0.6 is 15.9 Å². The van der Waals surface area contributed by atoms with Crippen LogP contribution in [-0.2, 0) is 0 Å². The Kier molecular flexibility index (Phi) is 3.34. The van der Waals surface area contributed by atoms with Gasteiger partial charge in [0.05, 0.1) is 5.69 Å². The fourth-order valence-corrected chi connectivity index (χ4v) is 2.41. The Hall–Kier alpha value is -1.33. The quantitative estimate of drug-likeness (QED) is 0.894. The molecule has 1 saturated heterocycles. The summed E-state index contributed by atoms with van der Waals surface area (Å²) in [5.74, 6) is 1.04. The van der Waals surface area contributed by atoms with E-state index in [2.05, 4.69) is 54.5 Å². The number of benzene rings is 1. The van der Waals surface area contributed by atoms with E-state index in [1.54, 1.807) is 0 Å². The van der Waals surface area contributed by atoms with Gasteiger partial charge in [-0.25, -0.2) is 0 Å². The third-order valence-electron chi connectivity index (χ3n) is 3.16. The molecule has 1 aromatic carbocycles. The standard InChI is InChI=1S/C13H15BrN4/c14-11-3-1-10(2-4-11)12-9-13(17-16-12)18-7-5-15-6-8-18/h1-4,9,15H,5-8H2,(H,16,17). The lowest BCUT2D eigenvalue weighted by Gasteiger charge is -2.26. The van der Waals surface area contributed by atoms with Crippen LogP contribution in [0.1, 0.15) is 0 Å². The van der Waals surface area contributed by atoms with E-state index in [1.807, 2.05) is 12.1 Å². The van der Waals surface area contributed by atoms with Gasteiger partial charge in [0, 0.05) is 36.7 Å². The molecule has 1 aromatic heterocycles. The molecule has 0 aliphatic carbocycles. The Bertz CT molecular complexity index is 514. The van der Waals surface area contributed by atoms with E-state index >= 15 is 0 Å². The highest BCUT2D eigenvalue weighted by Crippen LogP contribution is 2.23. The van der Waals surface area contributed by atoms with Gasteiger partial charge in [-0.1, -0.05) is 28.1 Å². The van der Waals surface area contributed by atoms with E-state index in [9.17, 15) is 0 Å². The molecule has 0 atom stereocenters. The number of rotatable bonds is 2. The van der Waals surface area contributed by atoms with Crippen LogP contribution in [0.4, 0.5) is 5.82 Å². The van der Waals surface area contributed by atoms with Gasteiger partial charge in [0.25, 0.3) is 0 Å². The molecule has 1 aliphatic heterocycles. The molecule has 1 aliphatic rings. The van der Waals surface area contributed by atoms with Crippen molar-refractivity contribution < 1.29 is 0 Å². The van der Waals surface area contributed by atoms with Gasteiger partial charge in [0.1, 0.15) is 0 Å². The van der Waals surface area contributed by atoms with Crippen LogP contribution in [0.25, 0.3) is 11.3 Å². The molecule has 0 unspecified atom stereocenters. The first-order valence-corrected chi connectivity index (χ1v) is 6.89. The number of aromatic amines is 1. The third-order valence-corrected chi connectivity index (χ3v) is 3.69. The summed E-state index contributed by atoms with van der Waals surface area (Å²) in [6.07, 6.45) is 0. The lowest BCUT2D eigenvalue weighted by atomic mass is 10.1. The van der Waals surface area contributed by atoms with Crippen LogP contribution < -0.4 is 10.2 Å². The maximum Gasteiger partial charge on any atom is 0.151 e. The minimum Gasteiger partial charge on any atom is -0.353 e. The molecule has 0 saturated carbocycles. The lowest BCUT2D eigenvalue weighted by molar-refractivity contribution is 0.584. The molecule has 0 amide bonds. The van der Waals surface area contributed by atoms with Crippen molar-refractivity contribution in [2.75, 3.05) is 31.1 Å². The number of aromatic nitrogens is 2. The van der Waals surface area contributed by atoms with Gasteiger partial charge in [0.2, 0.25) is 0 Å². The minimum absolute atomic E-state index is 1.02. The molecular formula is C13H15BrN4. The van der Waals surface area contributed by atoms with Crippen LogP contribution in [0, 0.1) is 0 Å². The van der Waals surface area contributed by atoms with Crippen LogP contribution in [0.5, 0.6) is 0 Å². The number of nitrogens with one attached hydrogen (secondary N) is 2. The Labute approximate surface area is 115 Å². The first-order valence-electron chi connectivity index (χ1n) is 6.10. The van der Waals surface area contributed by atoms with Gasteiger partial charge in [0.15, 0.2) is 5.82 Å². The summed E-state index contributed by atoms with van der Waals surface area (Å²) in [5, 5.41) is 10.9. The van der Waals surface area contributed by atoms with Crippen molar-refractivity contribution in [3.8, 4) is 11.3 Å². The number of H-pyrrole nitrogens is 1. The summed E-state index contributed by atoms with van der Waals surface area (Å²) in [4.78, 5) is 2.30. The summed E-state index contributed by atoms with van der Waals surface area (Å²) in [5.41, 5.74) is 2.23. The average Bonchev–Trinajstić information content (AvgIpc) is 2.90.